The third-order valence-corrected chi connectivity index (χ3v) is 3.32. The minimum Gasteiger partial charge on any atom is -0.457 e. The summed E-state index contributed by atoms with van der Waals surface area (Å²) in [6, 6.07) is 7.53. The van der Waals surface area contributed by atoms with Gasteiger partial charge in [-0.05, 0) is 52.3 Å². The average Bonchev–Trinajstić information content (AvgIpc) is 2.42. The monoisotopic (exact) mass is 341 g/mol. The molecule has 2 N–H and O–H groups in total. The maximum absolute atomic E-state index is 13.4. The predicted octanol–water partition coefficient (Wildman–Crippen LogP) is 3.67. The first-order chi connectivity index (χ1) is 9.47. The summed E-state index contributed by atoms with van der Waals surface area (Å²) in [5.41, 5.74) is 6.24. The molecular formula is C14H10BrF2NO2. The topological polar surface area (TPSA) is 52.3 Å². The Balaban J connectivity index is 2.08. The van der Waals surface area contributed by atoms with Crippen LogP contribution in [-0.2, 0) is 11.3 Å². The molecule has 0 aromatic heterocycles. The van der Waals surface area contributed by atoms with E-state index in [0.29, 0.717) is 10.2 Å². The predicted molar refractivity (Wildman–Crippen MR) is 74.0 cm³/mol. The highest BCUT2D eigenvalue weighted by molar-refractivity contribution is 9.10. The van der Waals surface area contributed by atoms with Crippen LogP contribution in [0.4, 0.5) is 14.5 Å². The number of carbonyl (C=O) groups is 1. The Hall–Kier alpha value is -1.95. The molecule has 0 aliphatic rings. The second-order valence-electron chi connectivity index (χ2n) is 4.05. The molecule has 0 spiro atoms. The highest BCUT2D eigenvalue weighted by Crippen LogP contribution is 2.21. The van der Waals surface area contributed by atoms with Gasteiger partial charge in [0.2, 0.25) is 0 Å². The largest absolute Gasteiger partial charge is 0.457 e. The molecule has 104 valence electrons. The van der Waals surface area contributed by atoms with Crippen LogP contribution in [0.15, 0.2) is 40.9 Å². The molecule has 0 saturated heterocycles. The lowest BCUT2D eigenvalue weighted by Gasteiger charge is -2.07. The van der Waals surface area contributed by atoms with Crippen molar-refractivity contribution in [2.75, 3.05) is 5.73 Å². The van der Waals surface area contributed by atoms with Crippen molar-refractivity contribution in [1.29, 1.82) is 0 Å². The first-order valence-electron chi connectivity index (χ1n) is 5.63. The van der Waals surface area contributed by atoms with Gasteiger partial charge in [-0.25, -0.2) is 13.6 Å². The quantitative estimate of drug-likeness (QED) is 0.684. The van der Waals surface area contributed by atoms with Crippen molar-refractivity contribution < 1.29 is 18.3 Å². The van der Waals surface area contributed by atoms with Crippen LogP contribution in [0.2, 0.25) is 0 Å². The van der Waals surface area contributed by atoms with E-state index in [1.807, 2.05) is 0 Å². The van der Waals surface area contributed by atoms with E-state index >= 15 is 0 Å². The minimum absolute atomic E-state index is 0.0246. The Morgan fingerprint density at radius 3 is 2.65 bits per heavy atom. The Labute approximate surface area is 122 Å². The number of esters is 1. The molecular weight excluding hydrogens is 332 g/mol. The summed E-state index contributed by atoms with van der Waals surface area (Å²) in [5.74, 6) is -1.88. The zero-order valence-corrected chi connectivity index (χ0v) is 11.8. The third-order valence-electron chi connectivity index (χ3n) is 2.60. The van der Waals surface area contributed by atoms with Crippen LogP contribution in [0.1, 0.15) is 15.9 Å². The summed E-state index contributed by atoms with van der Waals surface area (Å²) < 4.78 is 31.9. The van der Waals surface area contributed by atoms with Gasteiger partial charge in [0.05, 0.1) is 5.56 Å². The summed E-state index contributed by atoms with van der Waals surface area (Å²) in [5, 5.41) is 0. The van der Waals surface area contributed by atoms with E-state index < -0.39 is 17.6 Å². The van der Waals surface area contributed by atoms with Gasteiger partial charge in [0.1, 0.15) is 18.2 Å². The van der Waals surface area contributed by atoms with Crippen molar-refractivity contribution in [2.45, 2.75) is 6.61 Å². The van der Waals surface area contributed by atoms with Gasteiger partial charge < -0.3 is 10.5 Å². The fourth-order valence-electron chi connectivity index (χ4n) is 1.55. The molecule has 0 bridgehead atoms. The SMILES string of the molecule is Nc1cc(C(=O)OCc2cc(F)ccc2F)ccc1Br. The van der Waals surface area contributed by atoms with Crippen LogP contribution in [-0.4, -0.2) is 5.97 Å². The summed E-state index contributed by atoms with van der Waals surface area (Å²) in [4.78, 5) is 11.8. The van der Waals surface area contributed by atoms with Crippen LogP contribution < -0.4 is 5.73 Å². The zero-order chi connectivity index (χ0) is 14.7. The average molecular weight is 342 g/mol. The summed E-state index contributed by atoms with van der Waals surface area (Å²) in [6.45, 7) is -0.349. The van der Waals surface area contributed by atoms with E-state index in [9.17, 15) is 13.6 Å². The Kier molecular flexibility index (Phi) is 4.34. The van der Waals surface area contributed by atoms with Gasteiger partial charge >= 0.3 is 5.97 Å². The first-order valence-corrected chi connectivity index (χ1v) is 6.43. The molecule has 0 aliphatic heterocycles. The van der Waals surface area contributed by atoms with E-state index in [1.54, 1.807) is 6.07 Å². The summed E-state index contributed by atoms with van der Waals surface area (Å²) in [6.07, 6.45) is 0. The lowest BCUT2D eigenvalue weighted by molar-refractivity contribution is 0.0468. The van der Waals surface area contributed by atoms with Gasteiger partial charge in [-0.1, -0.05) is 0 Å². The molecule has 2 rings (SSSR count). The molecule has 6 heteroatoms. The molecule has 0 amide bonds. The number of hydrogen-bond acceptors (Lipinski definition) is 3. The molecule has 20 heavy (non-hydrogen) atoms. The lowest BCUT2D eigenvalue weighted by atomic mass is 10.2. The van der Waals surface area contributed by atoms with Crippen LogP contribution in [0.5, 0.6) is 0 Å². The van der Waals surface area contributed by atoms with E-state index in [0.717, 1.165) is 18.2 Å². The van der Waals surface area contributed by atoms with Gasteiger partial charge in [-0.15, -0.1) is 0 Å². The van der Waals surface area contributed by atoms with Crippen LogP contribution in [0.3, 0.4) is 0 Å². The normalized spacial score (nSPS) is 10.3. The van der Waals surface area contributed by atoms with E-state index in [-0.39, 0.29) is 17.7 Å². The molecule has 0 heterocycles. The lowest BCUT2D eigenvalue weighted by Crippen LogP contribution is -2.07. The Morgan fingerprint density at radius 2 is 1.95 bits per heavy atom. The number of ether oxygens (including phenoxy) is 1. The first kappa shape index (κ1) is 14.5. The maximum atomic E-state index is 13.4. The number of rotatable bonds is 3. The van der Waals surface area contributed by atoms with Gasteiger partial charge in [0.15, 0.2) is 0 Å². The van der Waals surface area contributed by atoms with E-state index in [1.165, 1.54) is 12.1 Å². The number of halogens is 3. The number of nitrogen functional groups attached to an aromatic ring is 1. The molecule has 2 aromatic rings. The van der Waals surface area contributed by atoms with Crippen LogP contribution >= 0.6 is 15.9 Å². The van der Waals surface area contributed by atoms with Gasteiger partial charge in [0, 0.05) is 15.7 Å². The van der Waals surface area contributed by atoms with Crippen LogP contribution in [0, 0.1) is 11.6 Å². The molecule has 2 aromatic carbocycles. The minimum atomic E-state index is -0.659. The molecule has 0 aliphatic carbocycles. The molecule has 0 radical (unpaired) electrons. The highest BCUT2D eigenvalue weighted by atomic mass is 79.9. The summed E-state index contributed by atoms with van der Waals surface area (Å²) in [7, 11) is 0. The summed E-state index contributed by atoms with van der Waals surface area (Å²) >= 11 is 3.20. The Morgan fingerprint density at radius 1 is 1.20 bits per heavy atom. The van der Waals surface area contributed by atoms with E-state index in [4.69, 9.17) is 10.5 Å². The van der Waals surface area contributed by atoms with Crippen molar-refractivity contribution in [2.24, 2.45) is 0 Å². The highest BCUT2D eigenvalue weighted by Gasteiger charge is 2.11. The van der Waals surface area contributed by atoms with Crippen molar-refractivity contribution in [3.8, 4) is 0 Å². The smallest absolute Gasteiger partial charge is 0.338 e. The number of nitrogens with two attached hydrogens (primary N) is 1. The molecule has 3 nitrogen and oxygen atoms in total. The number of anilines is 1. The van der Waals surface area contributed by atoms with Gasteiger partial charge in [-0.3, -0.25) is 0 Å². The Bertz CT molecular complexity index is 662. The van der Waals surface area contributed by atoms with Crippen molar-refractivity contribution in [3.63, 3.8) is 0 Å². The standard InChI is InChI=1S/C14H10BrF2NO2/c15-11-3-1-8(6-13(11)18)14(19)20-7-9-5-10(16)2-4-12(9)17/h1-6H,7,18H2. The molecule has 0 unspecified atom stereocenters. The van der Waals surface area contributed by atoms with Gasteiger partial charge in [-0.2, -0.15) is 0 Å². The second kappa shape index (κ2) is 6.00. The molecule has 0 saturated carbocycles. The van der Waals surface area contributed by atoms with Gasteiger partial charge in [0.25, 0.3) is 0 Å². The zero-order valence-electron chi connectivity index (χ0n) is 10.2. The van der Waals surface area contributed by atoms with E-state index in [2.05, 4.69) is 15.9 Å². The molecule has 0 fully saturated rings. The van der Waals surface area contributed by atoms with Crippen molar-refractivity contribution in [1.82, 2.24) is 0 Å². The van der Waals surface area contributed by atoms with Crippen molar-refractivity contribution >= 4 is 27.6 Å². The van der Waals surface area contributed by atoms with Crippen LogP contribution in [0.25, 0.3) is 0 Å². The number of benzene rings is 2. The third kappa shape index (κ3) is 3.33. The van der Waals surface area contributed by atoms with Crippen molar-refractivity contribution in [3.05, 3.63) is 63.6 Å². The second-order valence-corrected chi connectivity index (χ2v) is 4.90. The fourth-order valence-corrected chi connectivity index (χ4v) is 1.80. The number of carbonyl (C=O) groups excluding carboxylic acids is 1. The fraction of sp³-hybridized carbons (Fsp3) is 0.0714. The maximum Gasteiger partial charge on any atom is 0.338 e. The molecule has 0 atom stereocenters. The number of hydrogen-bond donors (Lipinski definition) is 1.